The second-order valence-corrected chi connectivity index (χ2v) is 12.2. The highest BCUT2D eigenvalue weighted by molar-refractivity contribution is 7.61. The summed E-state index contributed by atoms with van der Waals surface area (Å²) in [6.07, 6.45) is 1.18. The predicted molar refractivity (Wildman–Crippen MR) is 128 cm³/mol. The lowest BCUT2D eigenvalue weighted by molar-refractivity contribution is -0.766. The Morgan fingerprint density at radius 1 is 1.00 bits per heavy atom. The molecule has 17 heteroatoms. The van der Waals surface area contributed by atoms with Crippen LogP contribution in [0.3, 0.4) is 0 Å². The van der Waals surface area contributed by atoms with Gasteiger partial charge in [0.1, 0.15) is 17.8 Å². The molecule has 0 saturated carbocycles. The molecule has 2 aliphatic rings. The van der Waals surface area contributed by atoms with Gasteiger partial charge >= 0.3 is 15.6 Å². The van der Waals surface area contributed by atoms with Crippen molar-refractivity contribution >= 4 is 21.6 Å². The Bertz CT molecular complexity index is 1280. The number of phosphoric acid groups is 2. The number of phosphoric ester groups is 2. The van der Waals surface area contributed by atoms with Crippen molar-refractivity contribution in [2.75, 3.05) is 13.2 Å². The first-order valence-corrected chi connectivity index (χ1v) is 14.9. The molecule has 2 aromatic heterocycles. The van der Waals surface area contributed by atoms with Crippen molar-refractivity contribution in [2.45, 2.75) is 56.6 Å². The summed E-state index contributed by atoms with van der Waals surface area (Å²) >= 11 is 0. The third kappa shape index (κ3) is 7.75. The van der Waals surface area contributed by atoms with E-state index in [1.165, 1.54) is 10.8 Å². The van der Waals surface area contributed by atoms with E-state index in [0.717, 1.165) is 5.56 Å². The topological polar surface area (TPSA) is 212 Å². The van der Waals surface area contributed by atoms with E-state index in [0.29, 0.717) is 12.8 Å². The lowest BCUT2D eigenvalue weighted by Gasteiger charge is -2.19. The normalized spacial score (nSPS) is 30.1. The number of hydrogen-bond acceptors (Lipinski definition) is 10. The molecule has 0 aromatic carbocycles. The van der Waals surface area contributed by atoms with E-state index in [2.05, 4.69) is 4.31 Å². The molecule has 0 spiro atoms. The van der Waals surface area contributed by atoms with Crippen LogP contribution < -0.4 is 14.9 Å². The molecule has 2 fully saturated rings. The maximum Gasteiger partial charge on any atom is 0.481 e. The van der Waals surface area contributed by atoms with Crippen molar-refractivity contribution in [1.82, 2.24) is 0 Å². The van der Waals surface area contributed by atoms with Crippen LogP contribution in [0.2, 0.25) is 0 Å². The Hall–Kier alpha value is -2.13. The fraction of sp³-hybridized carbons (Fsp3) is 0.500. The fourth-order valence-corrected chi connectivity index (χ4v) is 6.37. The minimum atomic E-state index is -5.15. The summed E-state index contributed by atoms with van der Waals surface area (Å²) in [5.74, 6) is -0.605. The number of aliphatic hydroxyl groups excluding tert-OH is 2. The van der Waals surface area contributed by atoms with Gasteiger partial charge in [-0.3, -0.25) is 13.8 Å². The molecule has 0 radical (unpaired) electrons. The zero-order valence-corrected chi connectivity index (χ0v) is 22.6. The van der Waals surface area contributed by atoms with Crippen LogP contribution >= 0.6 is 15.6 Å². The number of aliphatic hydroxyl groups is 2. The second-order valence-electron chi connectivity index (χ2n) is 9.18. The van der Waals surface area contributed by atoms with Gasteiger partial charge in [0.05, 0.1) is 19.3 Å². The van der Waals surface area contributed by atoms with Crippen molar-refractivity contribution in [3.05, 3.63) is 60.2 Å². The zero-order chi connectivity index (χ0) is 28.4. The van der Waals surface area contributed by atoms with E-state index in [-0.39, 0.29) is 5.56 Å². The number of amides is 1. The van der Waals surface area contributed by atoms with Crippen LogP contribution in [0.1, 0.15) is 41.2 Å². The molecule has 4 rings (SSSR count). The Morgan fingerprint density at radius 2 is 1.67 bits per heavy atom. The third-order valence-corrected chi connectivity index (χ3v) is 8.76. The van der Waals surface area contributed by atoms with Crippen LogP contribution in [-0.2, 0) is 32.0 Å². The summed E-state index contributed by atoms with van der Waals surface area (Å²) in [4.78, 5) is 31.3. The molecule has 0 bridgehead atoms. The van der Waals surface area contributed by atoms with Gasteiger partial charge in [0, 0.05) is 24.1 Å². The number of hydrogen-bond donors (Lipinski definition) is 5. The Kier molecular flexibility index (Phi) is 9.31. The lowest BCUT2D eigenvalue weighted by atomic mass is 10.1. The lowest BCUT2D eigenvalue weighted by Crippen LogP contribution is -2.45. The number of carbonyl (C=O) groups is 1. The summed E-state index contributed by atoms with van der Waals surface area (Å²) in [6, 6.07) is 6.71. The maximum atomic E-state index is 12.3. The SMILES string of the molecule is Cc1ccc[n+]([C@@H]2O[C@H](COP(=O)(O)OP(=O)(O)OC[C@@H]3CC[C@H]([n+]4cccc(C(N)=O)c4)O3)[C@@H](O)[C@H]2O)c1. The largest absolute Gasteiger partial charge is 0.481 e. The van der Waals surface area contributed by atoms with Crippen LogP contribution in [0.25, 0.3) is 0 Å². The number of aryl methyl sites for hydroxylation is 1. The summed E-state index contributed by atoms with van der Waals surface area (Å²) in [5, 5.41) is 20.6. The number of nitrogens with two attached hydrogens (primary N) is 1. The number of pyridine rings is 2. The van der Waals surface area contributed by atoms with E-state index < -0.39 is 71.6 Å². The molecule has 2 unspecified atom stereocenters. The Balaban J connectivity index is 1.26. The van der Waals surface area contributed by atoms with Crippen molar-refractivity contribution in [2.24, 2.45) is 5.73 Å². The molecule has 8 atom stereocenters. The molecule has 4 heterocycles. The molecule has 0 aliphatic carbocycles. The molecule has 2 aliphatic heterocycles. The van der Waals surface area contributed by atoms with Crippen LogP contribution in [0.15, 0.2) is 49.1 Å². The van der Waals surface area contributed by atoms with Gasteiger partial charge in [-0.05, 0) is 25.5 Å². The molecule has 6 N–H and O–H groups in total. The first-order chi connectivity index (χ1) is 18.3. The van der Waals surface area contributed by atoms with Crippen molar-refractivity contribution < 1.29 is 65.9 Å². The van der Waals surface area contributed by atoms with Crippen molar-refractivity contribution in [3.8, 4) is 0 Å². The summed E-state index contributed by atoms with van der Waals surface area (Å²) in [7, 11) is -10.2. The van der Waals surface area contributed by atoms with E-state index in [9.17, 15) is 33.9 Å². The van der Waals surface area contributed by atoms with E-state index in [1.807, 2.05) is 13.0 Å². The van der Waals surface area contributed by atoms with Gasteiger partial charge in [-0.2, -0.15) is 13.4 Å². The highest BCUT2D eigenvalue weighted by Crippen LogP contribution is 2.60. The monoisotopic (exact) mass is 591 g/mol. The average molecular weight is 591 g/mol. The fourth-order valence-electron chi connectivity index (χ4n) is 4.26. The number of rotatable bonds is 11. The van der Waals surface area contributed by atoms with Gasteiger partial charge in [0.25, 0.3) is 18.4 Å². The molecule has 2 saturated heterocycles. The van der Waals surface area contributed by atoms with Crippen molar-refractivity contribution in [1.29, 1.82) is 0 Å². The molecule has 39 heavy (non-hydrogen) atoms. The number of carbonyl (C=O) groups excluding carboxylic acids is 1. The second kappa shape index (κ2) is 12.2. The third-order valence-electron chi connectivity index (χ3n) is 6.16. The first kappa shape index (κ1) is 29.8. The van der Waals surface area contributed by atoms with Crippen LogP contribution in [-0.4, -0.2) is 63.5 Å². The summed E-state index contributed by atoms with van der Waals surface area (Å²) in [6.45, 7) is 0.653. The van der Waals surface area contributed by atoms with Crippen LogP contribution in [0, 0.1) is 6.92 Å². The minimum Gasteiger partial charge on any atom is -0.387 e. The average Bonchev–Trinajstić information content (AvgIpc) is 3.46. The smallest absolute Gasteiger partial charge is 0.387 e. The number of primary amides is 1. The van der Waals surface area contributed by atoms with Gasteiger partial charge in [-0.1, -0.05) is 0 Å². The number of ether oxygens (including phenoxy) is 2. The Morgan fingerprint density at radius 3 is 2.36 bits per heavy atom. The van der Waals surface area contributed by atoms with E-state index in [4.69, 9.17) is 24.3 Å². The Labute approximate surface area is 223 Å². The van der Waals surface area contributed by atoms with Gasteiger partial charge in [0.15, 0.2) is 30.9 Å². The molecular formula is C22H31N3O12P2+2. The molecule has 15 nitrogen and oxygen atoms in total. The molecule has 214 valence electrons. The summed E-state index contributed by atoms with van der Waals surface area (Å²) in [5.41, 5.74) is 6.43. The molecular weight excluding hydrogens is 560 g/mol. The zero-order valence-electron chi connectivity index (χ0n) is 20.8. The van der Waals surface area contributed by atoms with Gasteiger partial charge in [-0.15, -0.1) is 0 Å². The van der Waals surface area contributed by atoms with Crippen LogP contribution in [0.4, 0.5) is 0 Å². The number of nitrogens with zero attached hydrogens (tertiary/aromatic N) is 2. The van der Waals surface area contributed by atoms with Gasteiger partial charge in [-0.25, -0.2) is 9.13 Å². The highest BCUT2D eigenvalue weighted by atomic mass is 31.3. The number of aromatic nitrogens is 2. The van der Waals surface area contributed by atoms with Gasteiger partial charge < -0.3 is 35.2 Å². The maximum absolute atomic E-state index is 12.3. The van der Waals surface area contributed by atoms with E-state index in [1.54, 1.807) is 41.4 Å². The predicted octanol–water partition coefficient (Wildman–Crippen LogP) is -0.0835. The standard InChI is InChI=1S/C22H29N3O12P2/c1-14-4-2-9-25(10-14)22-20(27)19(26)17(36-22)13-34-39(31,32)37-38(29,30)33-12-16-6-7-18(35-16)24-8-3-5-15(11-24)21(23)28/h2-5,8-11,16-20,22,26-27H,6-7,12-13H2,1H3,(H2-2,23,28,29,30,31,32)/p+2/t16-,17+,18+,19+,20+,22+/m0/s1. The van der Waals surface area contributed by atoms with Gasteiger partial charge in [0.2, 0.25) is 0 Å². The highest BCUT2D eigenvalue weighted by Gasteiger charge is 2.49. The minimum absolute atomic E-state index is 0.280. The molecule has 1 amide bonds. The van der Waals surface area contributed by atoms with E-state index >= 15 is 0 Å². The van der Waals surface area contributed by atoms with Crippen molar-refractivity contribution in [3.63, 3.8) is 0 Å². The summed E-state index contributed by atoms with van der Waals surface area (Å²) < 4.78 is 53.0. The quantitative estimate of drug-likeness (QED) is 0.171. The molecule has 2 aromatic rings. The first-order valence-electron chi connectivity index (χ1n) is 11.9. The van der Waals surface area contributed by atoms with Crippen LogP contribution in [0.5, 0.6) is 0 Å².